The van der Waals surface area contributed by atoms with Crippen molar-refractivity contribution >= 4 is 5.91 Å². The molecule has 0 aliphatic rings. The number of hydrogen-bond acceptors (Lipinski definition) is 3. The Kier molecular flexibility index (Phi) is 6.77. The number of aliphatic hydroxyl groups is 1. The van der Waals surface area contributed by atoms with E-state index < -0.39 is 5.92 Å². The topological polar surface area (TPSA) is 73.1 Å². The number of nitrogens with one attached hydrogen (secondary N) is 1. The van der Waals surface area contributed by atoms with Crippen LogP contribution in [0.15, 0.2) is 0 Å². The predicted molar refractivity (Wildman–Crippen MR) is 53.3 cm³/mol. The van der Waals surface area contributed by atoms with Crippen LogP contribution in [0.5, 0.6) is 0 Å². The zero-order valence-electron chi connectivity index (χ0n) is 8.79. The van der Waals surface area contributed by atoms with Crippen molar-refractivity contribution in [1.29, 1.82) is 5.26 Å². The van der Waals surface area contributed by atoms with Gasteiger partial charge in [-0.3, -0.25) is 4.79 Å². The summed E-state index contributed by atoms with van der Waals surface area (Å²) >= 11 is 0. The molecule has 4 heteroatoms. The summed E-state index contributed by atoms with van der Waals surface area (Å²) in [6.07, 6.45) is 1.73. The van der Waals surface area contributed by atoms with Crippen LogP contribution in [0.3, 0.4) is 0 Å². The second kappa shape index (κ2) is 7.34. The minimum atomic E-state index is -0.578. The van der Waals surface area contributed by atoms with Crippen LogP contribution in [-0.4, -0.2) is 24.2 Å². The first kappa shape index (κ1) is 12.9. The monoisotopic (exact) mass is 198 g/mol. The van der Waals surface area contributed by atoms with Crippen LogP contribution in [0.2, 0.25) is 0 Å². The molecule has 0 heterocycles. The molecule has 0 aliphatic heterocycles. The summed E-state index contributed by atoms with van der Waals surface area (Å²) in [4.78, 5) is 11.1. The number of amides is 1. The molecule has 0 bridgehead atoms. The van der Waals surface area contributed by atoms with Crippen LogP contribution in [0.4, 0.5) is 0 Å². The fourth-order valence-corrected chi connectivity index (χ4v) is 0.965. The van der Waals surface area contributed by atoms with Crippen molar-refractivity contribution in [2.24, 2.45) is 11.8 Å². The van der Waals surface area contributed by atoms with E-state index >= 15 is 0 Å². The highest BCUT2D eigenvalue weighted by Gasteiger charge is 2.10. The molecule has 2 N–H and O–H groups in total. The molecule has 0 saturated heterocycles. The molecule has 0 radical (unpaired) electrons. The third kappa shape index (κ3) is 5.55. The third-order valence-corrected chi connectivity index (χ3v) is 2.07. The molecule has 1 amide bonds. The summed E-state index contributed by atoms with van der Waals surface area (Å²) in [7, 11) is 0. The summed E-state index contributed by atoms with van der Waals surface area (Å²) in [5, 5.41) is 19.9. The van der Waals surface area contributed by atoms with Gasteiger partial charge in [-0.2, -0.15) is 5.26 Å². The number of aliphatic hydroxyl groups excluding tert-OH is 1. The van der Waals surface area contributed by atoms with Crippen LogP contribution in [0.25, 0.3) is 0 Å². The maximum absolute atomic E-state index is 11.1. The third-order valence-electron chi connectivity index (χ3n) is 2.07. The van der Waals surface area contributed by atoms with Crippen molar-refractivity contribution in [1.82, 2.24) is 5.32 Å². The van der Waals surface area contributed by atoms with E-state index in [1.807, 2.05) is 13.0 Å². The highest BCUT2D eigenvalue weighted by molar-refractivity contribution is 5.80. The van der Waals surface area contributed by atoms with Crippen LogP contribution < -0.4 is 5.32 Å². The van der Waals surface area contributed by atoms with Crippen molar-refractivity contribution in [3.05, 3.63) is 0 Å². The van der Waals surface area contributed by atoms with Gasteiger partial charge in [0.2, 0.25) is 5.91 Å². The van der Waals surface area contributed by atoms with Crippen molar-refractivity contribution in [3.63, 3.8) is 0 Å². The van der Waals surface area contributed by atoms with Crippen LogP contribution in [0.1, 0.15) is 26.7 Å². The summed E-state index contributed by atoms with van der Waals surface area (Å²) in [6.45, 7) is 4.29. The molecular weight excluding hydrogens is 180 g/mol. The fraction of sp³-hybridized carbons (Fsp3) is 0.800. The minimum absolute atomic E-state index is 0.183. The Morgan fingerprint density at radius 3 is 2.71 bits per heavy atom. The first-order valence-electron chi connectivity index (χ1n) is 4.90. The van der Waals surface area contributed by atoms with Gasteiger partial charge in [-0.1, -0.05) is 6.92 Å². The molecule has 0 aromatic heterocycles. The molecule has 0 aromatic carbocycles. The zero-order chi connectivity index (χ0) is 11.0. The Balaban J connectivity index is 3.46. The molecule has 0 aliphatic carbocycles. The van der Waals surface area contributed by atoms with Crippen LogP contribution >= 0.6 is 0 Å². The lowest BCUT2D eigenvalue weighted by Crippen LogP contribution is -2.29. The summed E-state index contributed by atoms with van der Waals surface area (Å²) in [5.74, 6) is -0.519. The first-order valence-corrected chi connectivity index (χ1v) is 4.90. The van der Waals surface area contributed by atoms with E-state index in [1.54, 1.807) is 6.92 Å². The number of carbonyl (C=O) groups is 1. The van der Waals surface area contributed by atoms with Gasteiger partial charge in [-0.05, 0) is 25.7 Å². The van der Waals surface area contributed by atoms with Gasteiger partial charge < -0.3 is 10.4 Å². The van der Waals surface area contributed by atoms with Gasteiger partial charge >= 0.3 is 0 Å². The average Bonchev–Trinajstić information content (AvgIpc) is 2.22. The van der Waals surface area contributed by atoms with Gasteiger partial charge in [0, 0.05) is 13.2 Å². The molecule has 2 unspecified atom stereocenters. The summed E-state index contributed by atoms with van der Waals surface area (Å²) < 4.78 is 0. The molecule has 4 nitrogen and oxygen atoms in total. The number of hydrogen-bond donors (Lipinski definition) is 2. The lowest BCUT2D eigenvalue weighted by molar-refractivity contribution is -0.122. The van der Waals surface area contributed by atoms with E-state index in [4.69, 9.17) is 10.4 Å². The number of nitrogens with zero attached hydrogens (tertiary/aromatic N) is 1. The highest BCUT2D eigenvalue weighted by Crippen LogP contribution is 2.02. The van der Waals surface area contributed by atoms with E-state index in [2.05, 4.69) is 5.32 Å². The van der Waals surface area contributed by atoms with Gasteiger partial charge in [0.05, 0.1) is 6.07 Å². The Bertz CT molecular complexity index is 211. The molecule has 14 heavy (non-hydrogen) atoms. The van der Waals surface area contributed by atoms with Crippen molar-refractivity contribution in [2.45, 2.75) is 26.7 Å². The smallest absolute Gasteiger partial charge is 0.237 e. The van der Waals surface area contributed by atoms with Gasteiger partial charge in [-0.25, -0.2) is 0 Å². The Hall–Kier alpha value is -1.08. The van der Waals surface area contributed by atoms with Crippen molar-refractivity contribution in [2.75, 3.05) is 13.2 Å². The predicted octanol–water partition coefficient (Wildman–Crippen LogP) is 0.671. The summed E-state index contributed by atoms with van der Waals surface area (Å²) in [6, 6.07) is 1.87. The van der Waals surface area contributed by atoms with E-state index in [-0.39, 0.29) is 18.4 Å². The Labute approximate surface area is 84.9 Å². The molecule has 0 saturated carbocycles. The van der Waals surface area contributed by atoms with E-state index in [0.29, 0.717) is 6.54 Å². The molecule has 0 fully saturated rings. The van der Waals surface area contributed by atoms with E-state index in [1.165, 1.54) is 0 Å². The van der Waals surface area contributed by atoms with Gasteiger partial charge in [0.25, 0.3) is 0 Å². The molecular formula is C10H18N2O2. The van der Waals surface area contributed by atoms with Crippen molar-refractivity contribution in [3.8, 4) is 6.07 Å². The van der Waals surface area contributed by atoms with Gasteiger partial charge in [-0.15, -0.1) is 0 Å². The average molecular weight is 198 g/mol. The Morgan fingerprint density at radius 2 is 2.21 bits per heavy atom. The highest BCUT2D eigenvalue weighted by atomic mass is 16.3. The number of carbonyl (C=O) groups excluding carboxylic acids is 1. The minimum Gasteiger partial charge on any atom is -0.396 e. The normalized spacial score (nSPS) is 14.1. The molecule has 2 atom stereocenters. The largest absolute Gasteiger partial charge is 0.396 e. The second-order valence-electron chi connectivity index (χ2n) is 3.57. The van der Waals surface area contributed by atoms with E-state index in [0.717, 1.165) is 12.8 Å². The SMILES string of the molecule is CC(CO)CCCNC(=O)C(C)C#N. The lowest BCUT2D eigenvalue weighted by atomic mass is 10.1. The Morgan fingerprint density at radius 1 is 1.57 bits per heavy atom. The summed E-state index contributed by atoms with van der Waals surface area (Å²) in [5.41, 5.74) is 0. The zero-order valence-corrected chi connectivity index (χ0v) is 8.79. The molecule has 0 aromatic rings. The maximum atomic E-state index is 11.1. The molecule has 0 spiro atoms. The van der Waals surface area contributed by atoms with Gasteiger partial charge in [0.1, 0.15) is 5.92 Å². The number of nitriles is 1. The molecule has 0 rings (SSSR count). The van der Waals surface area contributed by atoms with Crippen LogP contribution in [0, 0.1) is 23.2 Å². The van der Waals surface area contributed by atoms with Crippen LogP contribution in [-0.2, 0) is 4.79 Å². The molecule has 80 valence electrons. The second-order valence-corrected chi connectivity index (χ2v) is 3.57. The van der Waals surface area contributed by atoms with E-state index in [9.17, 15) is 4.79 Å². The fourth-order valence-electron chi connectivity index (χ4n) is 0.965. The number of rotatable bonds is 6. The van der Waals surface area contributed by atoms with Crippen molar-refractivity contribution < 1.29 is 9.90 Å². The lowest BCUT2D eigenvalue weighted by Gasteiger charge is -2.08. The maximum Gasteiger partial charge on any atom is 0.237 e. The first-order chi connectivity index (χ1) is 6.61. The van der Waals surface area contributed by atoms with Gasteiger partial charge in [0.15, 0.2) is 0 Å². The quantitative estimate of drug-likeness (QED) is 0.616. The standard InChI is InChI=1S/C10H18N2O2/c1-8(7-13)4-3-5-12-10(14)9(2)6-11/h8-9,13H,3-5,7H2,1-2H3,(H,12,14).